The number of thiophene rings is 1. The number of anilines is 1. The van der Waals surface area contributed by atoms with Crippen molar-refractivity contribution in [3.63, 3.8) is 0 Å². The van der Waals surface area contributed by atoms with Crippen molar-refractivity contribution in [1.29, 1.82) is 0 Å². The van der Waals surface area contributed by atoms with Crippen molar-refractivity contribution in [2.24, 2.45) is 0 Å². The molecule has 1 saturated heterocycles. The van der Waals surface area contributed by atoms with Gasteiger partial charge in [-0.1, -0.05) is 11.6 Å². The first-order valence-corrected chi connectivity index (χ1v) is 12.1. The molecule has 2 fully saturated rings. The quantitative estimate of drug-likeness (QED) is 0.587. The first kappa shape index (κ1) is 19.0. The van der Waals surface area contributed by atoms with Crippen molar-refractivity contribution in [2.45, 2.75) is 23.0 Å². The molecule has 0 N–H and O–H groups in total. The Morgan fingerprint density at radius 2 is 1.72 bits per heavy atom. The number of rotatable bonds is 5. The molecule has 0 atom stereocenters. The number of sulfonamides is 1. The molecule has 0 radical (unpaired) electrons. The maximum atomic E-state index is 13.1. The minimum atomic E-state index is -3.54. The number of hydrogen-bond donors (Lipinski definition) is 0. The molecule has 1 aromatic carbocycles. The highest BCUT2D eigenvalue weighted by Crippen LogP contribution is 2.41. The molecule has 7 nitrogen and oxygen atoms in total. The van der Waals surface area contributed by atoms with Gasteiger partial charge in [-0.25, -0.2) is 8.42 Å². The van der Waals surface area contributed by atoms with Crippen molar-refractivity contribution < 1.29 is 12.8 Å². The van der Waals surface area contributed by atoms with Crippen LogP contribution in [0.5, 0.6) is 0 Å². The van der Waals surface area contributed by atoms with Crippen molar-refractivity contribution in [3.8, 4) is 10.8 Å². The minimum absolute atomic E-state index is 0.304. The molecule has 1 aliphatic heterocycles. The van der Waals surface area contributed by atoms with Gasteiger partial charge in [0.05, 0.1) is 4.88 Å². The van der Waals surface area contributed by atoms with Gasteiger partial charge in [0.15, 0.2) is 0 Å². The fourth-order valence-electron chi connectivity index (χ4n) is 3.37. The van der Waals surface area contributed by atoms with E-state index in [-0.39, 0.29) is 0 Å². The summed E-state index contributed by atoms with van der Waals surface area (Å²) in [5.74, 6) is 1.42. The Hall–Kier alpha value is -1.94. The fraction of sp³-hybridized carbons (Fsp3) is 0.368. The summed E-state index contributed by atoms with van der Waals surface area (Å²) in [6.45, 7) is 2.14. The first-order chi connectivity index (χ1) is 14.0. The zero-order valence-corrected chi connectivity index (χ0v) is 17.9. The Bertz CT molecular complexity index is 1110. The van der Waals surface area contributed by atoms with Crippen LogP contribution in [-0.4, -0.2) is 49.1 Å². The predicted molar refractivity (Wildman–Crippen MR) is 112 cm³/mol. The van der Waals surface area contributed by atoms with Crippen LogP contribution in [0.2, 0.25) is 5.02 Å². The summed E-state index contributed by atoms with van der Waals surface area (Å²) in [6.07, 6.45) is 2.15. The highest BCUT2D eigenvalue weighted by Gasteiger charge is 2.32. The second-order valence-corrected chi connectivity index (χ2v) is 10.9. The summed E-state index contributed by atoms with van der Waals surface area (Å²) in [5.41, 5.74) is 1.05. The Morgan fingerprint density at radius 1 is 1.00 bits per heavy atom. The molecule has 29 heavy (non-hydrogen) atoms. The van der Waals surface area contributed by atoms with Crippen molar-refractivity contribution >= 4 is 38.6 Å². The summed E-state index contributed by atoms with van der Waals surface area (Å²) in [7, 11) is -3.54. The Morgan fingerprint density at radius 3 is 2.41 bits per heavy atom. The molecule has 3 aromatic rings. The zero-order chi connectivity index (χ0) is 20.0. The maximum absolute atomic E-state index is 13.1. The molecular weight excluding hydrogens is 432 g/mol. The molecule has 3 heterocycles. The highest BCUT2D eigenvalue weighted by molar-refractivity contribution is 7.91. The van der Waals surface area contributed by atoms with Crippen LogP contribution in [0.3, 0.4) is 0 Å². The predicted octanol–water partition coefficient (Wildman–Crippen LogP) is 3.84. The summed E-state index contributed by atoms with van der Waals surface area (Å²) >= 11 is 7.12. The summed E-state index contributed by atoms with van der Waals surface area (Å²) in [4.78, 5) is 2.85. The van der Waals surface area contributed by atoms with E-state index >= 15 is 0 Å². The number of nitrogens with zero attached hydrogens (tertiary/aromatic N) is 4. The van der Waals surface area contributed by atoms with E-state index in [4.69, 9.17) is 16.0 Å². The van der Waals surface area contributed by atoms with Crippen LogP contribution in [0, 0.1) is 0 Å². The van der Waals surface area contributed by atoms with Crippen LogP contribution in [0.25, 0.3) is 10.8 Å². The molecule has 0 unspecified atom stereocenters. The molecule has 0 amide bonds. The lowest BCUT2D eigenvalue weighted by atomic mass is 10.2. The van der Waals surface area contributed by atoms with Gasteiger partial charge in [-0.2, -0.15) is 4.31 Å². The fourth-order valence-corrected chi connectivity index (χ4v) is 6.30. The van der Waals surface area contributed by atoms with E-state index in [1.54, 1.807) is 16.4 Å². The second kappa shape index (κ2) is 7.39. The normalized spacial score (nSPS) is 18.3. The largest absolute Gasteiger partial charge is 0.420 e. The molecular formula is C19H19ClN4O3S2. The van der Waals surface area contributed by atoms with Crippen molar-refractivity contribution in [3.05, 3.63) is 47.3 Å². The van der Waals surface area contributed by atoms with Crippen molar-refractivity contribution in [1.82, 2.24) is 14.5 Å². The second-order valence-electron chi connectivity index (χ2n) is 7.21. The number of halogens is 1. The Balaban J connectivity index is 1.28. The van der Waals surface area contributed by atoms with Crippen LogP contribution in [0.15, 0.2) is 45.0 Å². The Labute approximate surface area is 178 Å². The van der Waals surface area contributed by atoms with E-state index in [0.717, 1.165) is 18.5 Å². The molecule has 10 heteroatoms. The van der Waals surface area contributed by atoms with Crippen molar-refractivity contribution in [2.75, 3.05) is 31.1 Å². The lowest BCUT2D eigenvalue weighted by molar-refractivity contribution is 0.386. The smallest absolute Gasteiger partial charge is 0.257 e. The molecule has 0 spiro atoms. The van der Waals surface area contributed by atoms with Crippen LogP contribution in [-0.2, 0) is 10.0 Å². The van der Waals surface area contributed by atoms with E-state index in [1.165, 1.54) is 11.3 Å². The molecule has 1 aliphatic carbocycles. The van der Waals surface area contributed by atoms with Gasteiger partial charge in [-0.15, -0.1) is 21.5 Å². The average molecular weight is 451 g/mol. The third kappa shape index (κ3) is 3.79. The third-order valence-electron chi connectivity index (χ3n) is 5.18. The lowest BCUT2D eigenvalue weighted by Crippen LogP contribution is -2.48. The van der Waals surface area contributed by atoms with Gasteiger partial charge in [0.2, 0.25) is 5.89 Å². The standard InChI is InChI=1S/C19H19ClN4O3S2/c20-14-3-5-15(6-4-14)23-9-11-24(12-10-23)29(25,26)17-8-7-16(28-17)19-22-21-18(27-19)13-1-2-13/h3-8,13H,1-2,9-12H2. The van der Waals surface area contributed by atoms with Crippen LogP contribution in [0.4, 0.5) is 5.69 Å². The van der Waals surface area contributed by atoms with Crippen LogP contribution in [0.1, 0.15) is 24.7 Å². The molecule has 0 bridgehead atoms. The topological polar surface area (TPSA) is 79.5 Å². The highest BCUT2D eigenvalue weighted by atomic mass is 35.5. The number of aromatic nitrogens is 2. The summed E-state index contributed by atoms with van der Waals surface area (Å²) in [5, 5.41) is 8.84. The Kier molecular flexibility index (Phi) is 4.85. The van der Waals surface area contributed by atoms with Crippen LogP contribution >= 0.6 is 22.9 Å². The molecule has 2 aromatic heterocycles. The van der Waals surface area contributed by atoms with E-state index in [9.17, 15) is 8.42 Å². The van der Waals surface area contributed by atoms with Gasteiger partial charge < -0.3 is 9.32 Å². The SMILES string of the molecule is O=S(=O)(c1ccc(-c2nnc(C3CC3)o2)s1)N1CCN(c2ccc(Cl)cc2)CC1. The van der Waals surface area contributed by atoms with Gasteiger partial charge in [-0.3, -0.25) is 0 Å². The number of piperazine rings is 1. The van der Waals surface area contributed by atoms with Gasteiger partial charge in [0.25, 0.3) is 15.9 Å². The zero-order valence-electron chi connectivity index (χ0n) is 15.5. The minimum Gasteiger partial charge on any atom is -0.420 e. The monoisotopic (exact) mass is 450 g/mol. The lowest BCUT2D eigenvalue weighted by Gasteiger charge is -2.35. The van der Waals surface area contributed by atoms with Crippen LogP contribution < -0.4 is 4.90 Å². The van der Waals surface area contributed by atoms with E-state index in [1.807, 2.05) is 24.3 Å². The first-order valence-electron chi connectivity index (χ1n) is 9.45. The van der Waals surface area contributed by atoms with Gasteiger partial charge in [0.1, 0.15) is 4.21 Å². The third-order valence-corrected chi connectivity index (χ3v) is 8.88. The van der Waals surface area contributed by atoms with E-state index in [0.29, 0.717) is 58.0 Å². The molecule has 152 valence electrons. The van der Waals surface area contributed by atoms with E-state index in [2.05, 4.69) is 15.1 Å². The maximum Gasteiger partial charge on any atom is 0.257 e. The average Bonchev–Trinajstić information content (AvgIpc) is 3.25. The molecule has 1 saturated carbocycles. The summed E-state index contributed by atoms with van der Waals surface area (Å²) in [6, 6.07) is 11.0. The summed E-state index contributed by atoms with van der Waals surface area (Å²) < 4.78 is 33.7. The van der Waals surface area contributed by atoms with Gasteiger partial charge in [0, 0.05) is 42.8 Å². The van der Waals surface area contributed by atoms with E-state index < -0.39 is 10.0 Å². The van der Waals surface area contributed by atoms with Gasteiger partial charge in [-0.05, 0) is 49.2 Å². The number of benzene rings is 1. The van der Waals surface area contributed by atoms with Gasteiger partial charge >= 0.3 is 0 Å². The number of hydrogen-bond acceptors (Lipinski definition) is 7. The molecule has 5 rings (SSSR count). The molecule has 2 aliphatic rings.